The molecule has 0 radical (unpaired) electrons. The van der Waals surface area contributed by atoms with Crippen molar-refractivity contribution in [3.05, 3.63) is 53.6 Å². The normalized spacial score (nSPS) is 13.4. The first-order valence-electron chi connectivity index (χ1n) is 8.98. The highest BCUT2D eigenvalue weighted by Crippen LogP contribution is 2.36. The summed E-state index contributed by atoms with van der Waals surface area (Å²) in [4.78, 5) is 12.3. The van der Waals surface area contributed by atoms with Crippen LogP contribution in [-0.4, -0.2) is 32.7 Å². The van der Waals surface area contributed by atoms with Crippen molar-refractivity contribution in [2.24, 2.45) is 0 Å². The van der Waals surface area contributed by atoms with Crippen LogP contribution in [0.3, 0.4) is 0 Å². The molecular weight excluding hydrogens is 342 g/mol. The Hall–Kier alpha value is -3.22. The van der Waals surface area contributed by atoms with Gasteiger partial charge in [0.15, 0.2) is 12.4 Å². The summed E-state index contributed by atoms with van der Waals surface area (Å²) in [7, 11) is 0. The van der Waals surface area contributed by atoms with Gasteiger partial charge in [0, 0.05) is 11.3 Å². The topological polar surface area (TPSA) is 81.9 Å². The van der Waals surface area contributed by atoms with E-state index in [1.807, 2.05) is 54.9 Å². The largest absolute Gasteiger partial charge is 0.484 e. The minimum atomic E-state index is -0.215. The second-order valence-corrected chi connectivity index (χ2v) is 6.92. The average Bonchev–Trinajstić information content (AvgIpc) is 3.36. The third-order valence-corrected chi connectivity index (χ3v) is 4.36. The molecule has 1 aliphatic carbocycles. The van der Waals surface area contributed by atoms with E-state index in [1.54, 1.807) is 0 Å². The van der Waals surface area contributed by atoms with Crippen LogP contribution in [0.5, 0.6) is 5.75 Å². The van der Waals surface area contributed by atoms with Crippen LogP contribution >= 0.6 is 0 Å². The number of hydrogen-bond donors (Lipinski definition) is 1. The van der Waals surface area contributed by atoms with Crippen LogP contribution in [0.25, 0.3) is 11.4 Å². The van der Waals surface area contributed by atoms with Crippen molar-refractivity contribution in [2.75, 3.05) is 11.9 Å². The van der Waals surface area contributed by atoms with Gasteiger partial charge in [-0.15, -0.1) is 5.10 Å². The van der Waals surface area contributed by atoms with E-state index in [2.05, 4.69) is 26.9 Å². The zero-order chi connectivity index (χ0) is 18.8. The quantitative estimate of drug-likeness (QED) is 0.726. The number of aromatic nitrogens is 4. The molecule has 0 spiro atoms. The number of nitrogens with zero attached hydrogens (tertiary/aromatic N) is 4. The van der Waals surface area contributed by atoms with Crippen molar-refractivity contribution in [2.45, 2.75) is 32.7 Å². The zero-order valence-corrected chi connectivity index (χ0v) is 15.3. The molecule has 2 aromatic carbocycles. The molecule has 0 unspecified atom stereocenters. The maximum absolute atomic E-state index is 12.3. The molecule has 1 fully saturated rings. The molecule has 1 aromatic heterocycles. The molecule has 1 aliphatic rings. The highest BCUT2D eigenvalue weighted by molar-refractivity contribution is 5.92. The monoisotopic (exact) mass is 363 g/mol. The molecule has 3 aromatic rings. The first-order valence-corrected chi connectivity index (χ1v) is 8.98. The lowest BCUT2D eigenvalue weighted by atomic mass is 10.1. The van der Waals surface area contributed by atoms with Crippen LogP contribution < -0.4 is 10.1 Å². The van der Waals surface area contributed by atoms with Gasteiger partial charge in [-0.25, -0.2) is 4.68 Å². The predicted molar refractivity (Wildman–Crippen MR) is 102 cm³/mol. The van der Waals surface area contributed by atoms with E-state index >= 15 is 0 Å². The van der Waals surface area contributed by atoms with E-state index < -0.39 is 0 Å². The standard InChI is InChI=1S/C20H21N5O2/c1-13-8-14(2)10-18(9-13)27-12-19(26)21-16-5-3-4-15(11-16)20-22-23-24-25(20)17-6-7-17/h3-5,8-11,17H,6-7,12H2,1-2H3,(H,21,26). The lowest BCUT2D eigenvalue weighted by Gasteiger charge is -2.10. The fourth-order valence-electron chi connectivity index (χ4n) is 3.05. The number of hydrogen-bond acceptors (Lipinski definition) is 5. The summed E-state index contributed by atoms with van der Waals surface area (Å²) in [6.07, 6.45) is 2.20. The summed E-state index contributed by atoms with van der Waals surface area (Å²) in [5, 5.41) is 14.8. The second kappa shape index (κ2) is 7.19. The first kappa shape index (κ1) is 17.2. The smallest absolute Gasteiger partial charge is 0.262 e. The van der Waals surface area contributed by atoms with E-state index in [4.69, 9.17) is 4.74 Å². The molecule has 7 nitrogen and oxygen atoms in total. The third kappa shape index (κ3) is 4.13. The van der Waals surface area contributed by atoms with Crippen LogP contribution in [0.4, 0.5) is 5.69 Å². The zero-order valence-electron chi connectivity index (χ0n) is 15.3. The Morgan fingerprint density at radius 2 is 1.96 bits per heavy atom. The number of carbonyl (C=O) groups is 1. The predicted octanol–water partition coefficient (Wildman–Crippen LogP) is 3.31. The van der Waals surface area contributed by atoms with Gasteiger partial charge in [0.1, 0.15) is 5.75 Å². The number of anilines is 1. The Bertz CT molecular complexity index is 958. The Morgan fingerprint density at radius 3 is 2.70 bits per heavy atom. The highest BCUT2D eigenvalue weighted by atomic mass is 16.5. The van der Waals surface area contributed by atoms with Gasteiger partial charge in [0.2, 0.25) is 0 Å². The molecule has 27 heavy (non-hydrogen) atoms. The summed E-state index contributed by atoms with van der Waals surface area (Å²) >= 11 is 0. The van der Waals surface area contributed by atoms with Crippen LogP contribution in [-0.2, 0) is 4.79 Å². The number of benzene rings is 2. The fourth-order valence-corrected chi connectivity index (χ4v) is 3.05. The van der Waals surface area contributed by atoms with E-state index in [0.29, 0.717) is 17.5 Å². The number of rotatable bonds is 6. The summed E-state index contributed by atoms with van der Waals surface area (Å²) < 4.78 is 7.47. The molecule has 1 amide bonds. The minimum absolute atomic E-state index is 0.0487. The van der Waals surface area contributed by atoms with Crippen LogP contribution in [0, 0.1) is 13.8 Å². The second-order valence-electron chi connectivity index (χ2n) is 6.92. The third-order valence-electron chi connectivity index (χ3n) is 4.36. The molecule has 1 heterocycles. The van der Waals surface area contributed by atoms with Gasteiger partial charge in [-0.1, -0.05) is 18.2 Å². The van der Waals surface area contributed by atoms with Crippen LogP contribution in [0.15, 0.2) is 42.5 Å². The molecule has 0 saturated heterocycles. The van der Waals surface area contributed by atoms with E-state index in [-0.39, 0.29) is 12.5 Å². The molecule has 4 rings (SSSR count). The lowest BCUT2D eigenvalue weighted by Crippen LogP contribution is -2.20. The highest BCUT2D eigenvalue weighted by Gasteiger charge is 2.28. The van der Waals surface area contributed by atoms with Crippen LogP contribution in [0.2, 0.25) is 0 Å². The van der Waals surface area contributed by atoms with Crippen LogP contribution in [0.1, 0.15) is 30.0 Å². The van der Waals surface area contributed by atoms with Gasteiger partial charge < -0.3 is 10.1 Å². The molecule has 0 aliphatic heterocycles. The molecule has 1 N–H and O–H groups in total. The lowest BCUT2D eigenvalue weighted by molar-refractivity contribution is -0.118. The van der Waals surface area contributed by atoms with Gasteiger partial charge in [-0.3, -0.25) is 4.79 Å². The van der Waals surface area contributed by atoms with Crippen molar-refractivity contribution in [3.63, 3.8) is 0 Å². The van der Waals surface area contributed by atoms with Crippen molar-refractivity contribution < 1.29 is 9.53 Å². The summed E-state index contributed by atoms with van der Waals surface area (Å²) in [6.45, 7) is 3.95. The minimum Gasteiger partial charge on any atom is -0.484 e. The van der Waals surface area contributed by atoms with Crippen molar-refractivity contribution in [1.82, 2.24) is 20.2 Å². The molecule has 1 saturated carbocycles. The van der Waals surface area contributed by atoms with Gasteiger partial charge in [0.05, 0.1) is 6.04 Å². The summed E-state index contributed by atoms with van der Waals surface area (Å²) in [5.41, 5.74) is 3.77. The summed E-state index contributed by atoms with van der Waals surface area (Å²) in [6, 6.07) is 13.8. The number of ether oxygens (including phenoxy) is 1. The van der Waals surface area contributed by atoms with E-state index in [9.17, 15) is 4.79 Å². The maximum Gasteiger partial charge on any atom is 0.262 e. The Morgan fingerprint density at radius 1 is 1.19 bits per heavy atom. The van der Waals surface area contributed by atoms with Crippen molar-refractivity contribution in [3.8, 4) is 17.1 Å². The fraction of sp³-hybridized carbons (Fsp3) is 0.300. The number of aryl methyl sites for hydroxylation is 2. The Labute approximate surface area is 157 Å². The van der Waals surface area contributed by atoms with Gasteiger partial charge in [0.25, 0.3) is 5.91 Å². The molecule has 0 atom stereocenters. The van der Waals surface area contributed by atoms with E-state index in [0.717, 1.165) is 35.4 Å². The van der Waals surface area contributed by atoms with Gasteiger partial charge >= 0.3 is 0 Å². The Balaban J connectivity index is 1.42. The van der Waals surface area contributed by atoms with Gasteiger partial charge in [-0.05, 0) is 72.5 Å². The molecule has 0 bridgehead atoms. The van der Waals surface area contributed by atoms with Gasteiger partial charge in [-0.2, -0.15) is 0 Å². The number of tetrazole rings is 1. The molecule has 7 heteroatoms. The first-order chi connectivity index (χ1) is 13.1. The number of amides is 1. The SMILES string of the molecule is Cc1cc(C)cc(OCC(=O)Nc2cccc(-c3nnnn3C3CC3)c2)c1. The maximum atomic E-state index is 12.3. The van der Waals surface area contributed by atoms with E-state index in [1.165, 1.54) is 0 Å². The summed E-state index contributed by atoms with van der Waals surface area (Å²) in [5.74, 6) is 1.20. The van der Waals surface area contributed by atoms with Crippen molar-refractivity contribution in [1.29, 1.82) is 0 Å². The van der Waals surface area contributed by atoms with Crippen molar-refractivity contribution >= 4 is 11.6 Å². The molecular formula is C20H21N5O2. The number of carbonyl (C=O) groups excluding carboxylic acids is 1. The average molecular weight is 363 g/mol. The number of nitrogens with one attached hydrogen (secondary N) is 1. The molecule has 138 valence electrons. The Kier molecular flexibility index (Phi) is 4.58.